The molecule has 0 spiro atoms. The van der Waals surface area contributed by atoms with Crippen molar-refractivity contribution in [2.24, 2.45) is 5.73 Å². The van der Waals surface area contributed by atoms with Gasteiger partial charge in [-0.3, -0.25) is 0 Å². The van der Waals surface area contributed by atoms with Crippen molar-refractivity contribution in [2.75, 3.05) is 27.2 Å². The fourth-order valence-electron chi connectivity index (χ4n) is 1.48. The summed E-state index contributed by atoms with van der Waals surface area (Å²) in [5, 5.41) is 0. The Morgan fingerprint density at radius 1 is 1.41 bits per heavy atom. The standard InChI is InChI=1S/C13H21FN2O/c1-10(15)11-5-6-13(12(14)9-11)17-8-4-7-16(2)3/h5-6,9-10H,4,7-8,15H2,1-3H3. The summed E-state index contributed by atoms with van der Waals surface area (Å²) < 4.78 is 19.0. The lowest BCUT2D eigenvalue weighted by molar-refractivity contribution is 0.271. The van der Waals surface area contributed by atoms with Gasteiger partial charge in [-0.1, -0.05) is 6.07 Å². The highest BCUT2D eigenvalue weighted by Gasteiger charge is 2.07. The van der Waals surface area contributed by atoms with Crippen LogP contribution < -0.4 is 10.5 Å². The van der Waals surface area contributed by atoms with Crippen LogP contribution in [0.4, 0.5) is 4.39 Å². The van der Waals surface area contributed by atoms with E-state index >= 15 is 0 Å². The van der Waals surface area contributed by atoms with Gasteiger partial charge in [-0.15, -0.1) is 0 Å². The number of nitrogens with two attached hydrogens (primary N) is 1. The molecule has 0 aliphatic heterocycles. The Hall–Kier alpha value is -1.13. The molecule has 0 radical (unpaired) electrons. The van der Waals surface area contributed by atoms with Gasteiger partial charge in [0.25, 0.3) is 0 Å². The van der Waals surface area contributed by atoms with E-state index in [2.05, 4.69) is 4.90 Å². The van der Waals surface area contributed by atoms with Gasteiger partial charge in [0.15, 0.2) is 11.6 Å². The second kappa shape index (κ2) is 6.57. The van der Waals surface area contributed by atoms with Crippen LogP contribution >= 0.6 is 0 Å². The number of halogens is 1. The average Bonchev–Trinajstić information content (AvgIpc) is 2.25. The summed E-state index contributed by atoms with van der Waals surface area (Å²) >= 11 is 0. The van der Waals surface area contributed by atoms with E-state index in [1.807, 2.05) is 21.0 Å². The fourth-order valence-corrected chi connectivity index (χ4v) is 1.48. The summed E-state index contributed by atoms with van der Waals surface area (Å²) in [6, 6.07) is 4.72. The number of nitrogens with zero attached hydrogens (tertiary/aromatic N) is 1. The average molecular weight is 240 g/mol. The molecular formula is C13H21FN2O. The van der Waals surface area contributed by atoms with Gasteiger partial charge in [0.1, 0.15) is 0 Å². The Bertz CT molecular complexity index is 353. The molecule has 0 saturated carbocycles. The van der Waals surface area contributed by atoms with Crippen LogP contribution in [0, 0.1) is 5.82 Å². The van der Waals surface area contributed by atoms with Crippen molar-refractivity contribution in [3.63, 3.8) is 0 Å². The van der Waals surface area contributed by atoms with E-state index in [0.29, 0.717) is 12.4 Å². The molecule has 0 aliphatic rings. The van der Waals surface area contributed by atoms with Crippen molar-refractivity contribution in [2.45, 2.75) is 19.4 Å². The maximum atomic E-state index is 13.6. The summed E-state index contributed by atoms with van der Waals surface area (Å²) in [7, 11) is 4.00. The van der Waals surface area contributed by atoms with Crippen LogP contribution in [0.1, 0.15) is 24.9 Å². The van der Waals surface area contributed by atoms with E-state index in [0.717, 1.165) is 18.5 Å². The molecule has 0 aromatic heterocycles. The van der Waals surface area contributed by atoms with Crippen LogP contribution in [0.25, 0.3) is 0 Å². The second-order valence-electron chi connectivity index (χ2n) is 4.48. The van der Waals surface area contributed by atoms with Crippen LogP contribution in [-0.2, 0) is 0 Å². The van der Waals surface area contributed by atoms with Crippen LogP contribution in [0.2, 0.25) is 0 Å². The lowest BCUT2D eigenvalue weighted by Crippen LogP contribution is -2.15. The van der Waals surface area contributed by atoms with E-state index in [4.69, 9.17) is 10.5 Å². The minimum atomic E-state index is -0.343. The first-order valence-electron chi connectivity index (χ1n) is 5.83. The Labute approximate surface area is 102 Å². The molecule has 0 saturated heterocycles. The molecule has 1 aromatic rings. The Balaban J connectivity index is 2.49. The highest BCUT2D eigenvalue weighted by molar-refractivity contribution is 5.30. The topological polar surface area (TPSA) is 38.5 Å². The molecule has 96 valence electrons. The summed E-state index contributed by atoms with van der Waals surface area (Å²) in [6.07, 6.45) is 0.876. The maximum Gasteiger partial charge on any atom is 0.165 e. The molecule has 1 rings (SSSR count). The third-order valence-corrected chi connectivity index (χ3v) is 2.49. The molecule has 1 unspecified atom stereocenters. The molecule has 2 N–H and O–H groups in total. The first-order valence-corrected chi connectivity index (χ1v) is 5.83. The van der Waals surface area contributed by atoms with Gasteiger partial charge < -0.3 is 15.4 Å². The van der Waals surface area contributed by atoms with Gasteiger partial charge in [-0.05, 0) is 45.1 Å². The van der Waals surface area contributed by atoms with Crippen molar-refractivity contribution < 1.29 is 9.13 Å². The smallest absolute Gasteiger partial charge is 0.165 e. The maximum absolute atomic E-state index is 13.6. The first kappa shape index (κ1) is 13.9. The van der Waals surface area contributed by atoms with Gasteiger partial charge in [0.05, 0.1) is 6.61 Å². The number of hydrogen-bond donors (Lipinski definition) is 1. The van der Waals surface area contributed by atoms with Crippen LogP contribution in [0.5, 0.6) is 5.75 Å². The Morgan fingerprint density at radius 3 is 2.65 bits per heavy atom. The Morgan fingerprint density at radius 2 is 2.12 bits per heavy atom. The first-order chi connectivity index (χ1) is 8.00. The SMILES string of the molecule is CC(N)c1ccc(OCCCN(C)C)c(F)c1. The number of rotatable bonds is 6. The third-order valence-electron chi connectivity index (χ3n) is 2.49. The molecule has 17 heavy (non-hydrogen) atoms. The molecule has 0 bridgehead atoms. The molecule has 0 fully saturated rings. The monoisotopic (exact) mass is 240 g/mol. The van der Waals surface area contributed by atoms with Crippen LogP contribution in [0.3, 0.4) is 0 Å². The number of benzene rings is 1. The lowest BCUT2D eigenvalue weighted by Gasteiger charge is -2.12. The van der Waals surface area contributed by atoms with Crippen molar-refractivity contribution >= 4 is 0 Å². The molecule has 0 amide bonds. The van der Waals surface area contributed by atoms with Crippen molar-refractivity contribution in [1.29, 1.82) is 0 Å². The molecule has 4 heteroatoms. The molecule has 1 aromatic carbocycles. The van der Waals surface area contributed by atoms with Crippen LogP contribution in [0.15, 0.2) is 18.2 Å². The van der Waals surface area contributed by atoms with E-state index in [9.17, 15) is 4.39 Å². The van der Waals surface area contributed by atoms with E-state index < -0.39 is 0 Å². The van der Waals surface area contributed by atoms with Crippen LogP contribution in [-0.4, -0.2) is 32.1 Å². The minimum Gasteiger partial charge on any atom is -0.490 e. The Kier molecular flexibility index (Phi) is 5.38. The number of hydrogen-bond acceptors (Lipinski definition) is 3. The normalized spacial score (nSPS) is 12.8. The second-order valence-corrected chi connectivity index (χ2v) is 4.48. The van der Waals surface area contributed by atoms with Gasteiger partial charge in [0, 0.05) is 12.6 Å². The highest BCUT2D eigenvalue weighted by atomic mass is 19.1. The molecule has 3 nitrogen and oxygen atoms in total. The fraction of sp³-hybridized carbons (Fsp3) is 0.538. The van der Waals surface area contributed by atoms with E-state index in [1.54, 1.807) is 12.1 Å². The third kappa shape index (κ3) is 4.71. The summed E-state index contributed by atoms with van der Waals surface area (Å²) in [6.45, 7) is 3.28. The summed E-state index contributed by atoms with van der Waals surface area (Å²) in [4.78, 5) is 2.07. The molecule has 1 atom stereocenters. The van der Waals surface area contributed by atoms with E-state index in [1.165, 1.54) is 6.07 Å². The predicted molar refractivity (Wildman–Crippen MR) is 67.7 cm³/mol. The largest absolute Gasteiger partial charge is 0.490 e. The zero-order valence-electron chi connectivity index (χ0n) is 10.7. The summed E-state index contributed by atoms with van der Waals surface area (Å²) in [5.41, 5.74) is 6.46. The zero-order valence-corrected chi connectivity index (χ0v) is 10.7. The minimum absolute atomic E-state index is 0.160. The van der Waals surface area contributed by atoms with Gasteiger partial charge in [-0.2, -0.15) is 0 Å². The zero-order chi connectivity index (χ0) is 12.8. The van der Waals surface area contributed by atoms with Gasteiger partial charge in [0.2, 0.25) is 0 Å². The predicted octanol–water partition coefficient (Wildman–Crippen LogP) is 2.18. The van der Waals surface area contributed by atoms with Crippen molar-refractivity contribution in [1.82, 2.24) is 4.90 Å². The highest BCUT2D eigenvalue weighted by Crippen LogP contribution is 2.21. The number of ether oxygens (including phenoxy) is 1. The summed E-state index contributed by atoms with van der Waals surface area (Å²) in [5.74, 6) is -0.0437. The quantitative estimate of drug-likeness (QED) is 0.774. The molecule has 0 aliphatic carbocycles. The molecule has 0 heterocycles. The van der Waals surface area contributed by atoms with Gasteiger partial charge in [-0.25, -0.2) is 4.39 Å². The van der Waals surface area contributed by atoms with Crippen molar-refractivity contribution in [3.05, 3.63) is 29.6 Å². The lowest BCUT2D eigenvalue weighted by atomic mass is 10.1. The van der Waals surface area contributed by atoms with Crippen molar-refractivity contribution in [3.8, 4) is 5.75 Å². The van der Waals surface area contributed by atoms with Gasteiger partial charge >= 0.3 is 0 Å². The molecular weight excluding hydrogens is 219 g/mol. The van der Waals surface area contributed by atoms with E-state index in [-0.39, 0.29) is 11.9 Å².